The minimum absolute atomic E-state index is 0.963. The van der Waals surface area contributed by atoms with Crippen molar-refractivity contribution in [3.8, 4) is 0 Å². The van der Waals surface area contributed by atoms with E-state index in [2.05, 4.69) is 35.6 Å². The van der Waals surface area contributed by atoms with Crippen LogP contribution in [0.15, 0.2) is 17.9 Å². The summed E-state index contributed by atoms with van der Waals surface area (Å²) in [5.74, 6) is 2.19. The molecule has 0 amide bonds. The van der Waals surface area contributed by atoms with Crippen LogP contribution in [-0.2, 0) is 0 Å². The summed E-state index contributed by atoms with van der Waals surface area (Å²) in [6.45, 7) is 0. The van der Waals surface area contributed by atoms with Crippen molar-refractivity contribution < 1.29 is 0 Å². The van der Waals surface area contributed by atoms with Crippen molar-refractivity contribution in [2.24, 2.45) is 0 Å². The minimum atomic E-state index is 0.963. The van der Waals surface area contributed by atoms with E-state index in [0.29, 0.717) is 0 Å². The van der Waals surface area contributed by atoms with Crippen LogP contribution in [0.25, 0.3) is 0 Å². The summed E-state index contributed by atoms with van der Waals surface area (Å²) in [6.07, 6.45) is 0. The van der Waals surface area contributed by atoms with E-state index in [1.165, 1.54) is 3.97 Å². The first-order valence-corrected chi connectivity index (χ1v) is 3.07. The molecule has 1 atom stereocenters. The van der Waals surface area contributed by atoms with E-state index in [9.17, 15) is 0 Å². The van der Waals surface area contributed by atoms with Crippen LogP contribution in [-0.4, -0.2) is 17.7 Å². The first kappa shape index (κ1) is 4.53. The normalized spacial score (nSPS) is 10.3. The molecule has 0 saturated carbocycles. The molecule has 0 nitrogen and oxygen atoms in total. The van der Waals surface area contributed by atoms with E-state index in [-0.39, 0.29) is 0 Å². The summed E-state index contributed by atoms with van der Waals surface area (Å²) >= 11 is 2.15. The molecule has 0 bridgehead atoms. The SMILES string of the molecule is [Li][c]1ccc[pH]1. The van der Waals surface area contributed by atoms with Gasteiger partial charge >= 0.3 is 47.8 Å². The van der Waals surface area contributed by atoms with Gasteiger partial charge in [-0.3, -0.25) is 0 Å². The van der Waals surface area contributed by atoms with Gasteiger partial charge in [0.2, 0.25) is 0 Å². The second kappa shape index (κ2) is 1.89. The average molecular weight is 90.0 g/mol. The van der Waals surface area contributed by atoms with Gasteiger partial charge < -0.3 is 0 Å². The van der Waals surface area contributed by atoms with Crippen LogP contribution < -0.4 is 3.97 Å². The van der Waals surface area contributed by atoms with Gasteiger partial charge in [-0.05, 0) is 0 Å². The summed E-state index contributed by atoms with van der Waals surface area (Å²) in [6, 6.07) is 4.26. The first-order valence-electron chi connectivity index (χ1n) is 1.99. The van der Waals surface area contributed by atoms with Gasteiger partial charge in [-0.15, -0.1) is 0 Å². The number of hydrogen-bond donors (Lipinski definition) is 0. The third-order valence-electron chi connectivity index (χ3n) is 0.753. The topological polar surface area (TPSA) is 0 Å². The molecule has 0 radical (unpaired) electrons. The molecule has 1 heterocycles. The first-order chi connectivity index (χ1) is 2.89. The Morgan fingerprint density at radius 1 is 1.67 bits per heavy atom. The third kappa shape index (κ3) is 0.917. The fourth-order valence-corrected chi connectivity index (χ4v) is 1.07. The molecule has 26 valence electrons. The zero-order valence-electron chi connectivity index (χ0n) is 3.73. The Balaban J connectivity index is 3.05. The molecule has 1 aromatic heterocycles. The number of rotatable bonds is 0. The Hall–Kier alpha value is 0.377. The Labute approximate surface area is 48.2 Å². The average Bonchev–Trinajstić information content (AvgIpc) is 1.86. The quantitative estimate of drug-likeness (QED) is 0.407. The third-order valence-corrected chi connectivity index (χ3v) is 1.73. The van der Waals surface area contributed by atoms with E-state index in [1.807, 2.05) is 0 Å². The fraction of sp³-hybridized carbons (Fsp3) is 0. The molecule has 1 rings (SSSR count). The predicted octanol–water partition coefficient (Wildman–Crippen LogP) is 0.512. The molecule has 0 fully saturated rings. The summed E-state index contributed by atoms with van der Waals surface area (Å²) in [5, 5.41) is 0. The Bertz CT molecular complexity index is 111. The van der Waals surface area contributed by atoms with E-state index in [1.54, 1.807) is 0 Å². The van der Waals surface area contributed by atoms with Crippen molar-refractivity contribution in [3.63, 3.8) is 0 Å². The van der Waals surface area contributed by atoms with Crippen molar-refractivity contribution in [1.29, 1.82) is 0 Å². The van der Waals surface area contributed by atoms with Gasteiger partial charge in [-0.25, -0.2) is 0 Å². The zero-order chi connectivity index (χ0) is 4.41. The summed E-state index contributed by atoms with van der Waals surface area (Å²) in [4.78, 5) is 0. The van der Waals surface area contributed by atoms with Crippen LogP contribution in [0.3, 0.4) is 0 Å². The predicted molar refractivity (Wildman–Crippen MR) is 31.3 cm³/mol. The van der Waals surface area contributed by atoms with E-state index in [0.717, 1.165) is 8.19 Å². The molecule has 0 aliphatic heterocycles. The van der Waals surface area contributed by atoms with Gasteiger partial charge in [0, 0.05) is 0 Å². The second-order valence-corrected chi connectivity index (χ2v) is 2.76. The van der Waals surface area contributed by atoms with Crippen molar-refractivity contribution in [3.05, 3.63) is 17.9 Å². The molecule has 0 aromatic carbocycles. The molecule has 2 heteroatoms. The molecule has 6 heavy (non-hydrogen) atoms. The van der Waals surface area contributed by atoms with Crippen LogP contribution in [0.5, 0.6) is 0 Å². The summed E-state index contributed by atoms with van der Waals surface area (Å²) in [7, 11) is 0.963. The van der Waals surface area contributed by atoms with E-state index < -0.39 is 0 Å². The molecular formula is C4H4LiP. The fourth-order valence-electron chi connectivity index (χ4n) is 0.420. The summed E-state index contributed by atoms with van der Waals surface area (Å²) < 4.78 is 1.50. The van der Waals surface area contributed by atoms with Crippen molar-refractivity contribution in [2.75, 3.05) is 0 Å². The van der Waals surface area contributed by atoms with Gasteiger partial charge in [-0.1, -0.05) is 0 Å². The Morgan fingerprint density at radius 3 is 2.67 bits per heavy atom. The molecule has 0 spiro atoms. The Morgan fingerprint density at radius 2 is 2.50 bits per heavy atom. The van der Waals surface area contributed by atoms with Crippen LogP contribution >= 0.6 is 8.19 Å². The molecule has 0 saturated heterocycles. The maximum absolute atomic E-state index is 2.19. The van der Waals surface area contributed by atoms with Gasteiger partial charge in [0.1, 0.15) is 0 Å². The molecule has 1 aromatic rings. The van der Waals surface area contributed by atoms with Gasteiger partial charge in [0.05, 0.1) is 0 Å². The van der Waals surface area contributed by atoms with Crippen LogP contribution in [0.4, 0.5) is 0 Å². The van der Waals surface area contributed by atoms with Crippen LogP contribution in [0.1, 0.15) is 0 Å². The zero-order valence-corrected chi connectivity index (χ0v) is 4.73. The molecular weight excluding hydrogens is 86.0 g/mol. The molecule has 1 unspecified atom stereocenters. The monoisotopic (exact) mass is 90.0 g/mol. The molecule has 0 aliphatic rings. The maximum atomic E-state index is 2.19. The van der Waals surface area contributed by atoms with Crippen LogP contribution in [0.2, 0.25) is 0 Å². The van der Waals surface area contributed by atoms with Crippen LogP contribution in [0, 0.1) is 0 Å². The van der Waals surface area contributed by atoms with Crippen molar-refractivity contribution in [1.82, 2.24) is 0 Å². The van der Waals surface area contributed by atoms with Gasteiger partial charge in [0.25, 0.3) is 0 Å². The molecule has 0 aliphatic carbocycles. The Kier molecular flexibility index (Phi) is 1.43. The molecule has 0 N–H and O–H groups in total. The summed E-state index contributed by atoms with van der Waals surface area (Å²) in [5.41, 5.74) is 0. The van der Waals surface area contributed by atoms with Crippen molar-refractivity contribution >= 4 is 29.9 Å². The second-order valence-electron chi connectivity index (χ2n) is 1.35. The van der Waals surface area contributed by atoms with E-state index >= 15 is 0 Å². The number of hydrogen-bond acceptors (Lipinski definition) is 0. The standard InChI is InChI=1S/C4H4P.Li/c1-2-4-5-3-1;/h1-3,5H;. The van der Waals surface area contributed by atoms with E-state index in [4.69, 9.17) is 0 Å². The van der Waals surface area contributed by atoms with Gasteiger partial charge in [-0.2, -0.15) is 0 Å². The van der Waals surface area contributed by atoms with Crippen molar-refractivity contribution in [2.45, 2.75) is 0 Å². The van der Waals surface area contributed by atoms with Gasteiger partial charge in [0.15, 0.2) is 0 Å².